The van der Waals surface area contributed by atoms with E-state index in [1.54, 1.807) is 6.92 Å². The number of aryl methyl sites for hydroxylation is 1. The van der Waals surface area contributed by atoms with Crippen LogP contribution >= 0.6 is 0 Å². The highest BCUT2D eigenvalue weighted by atomic mass is 16.6. The maximum absolute atomic E-state index is 12.1. The van der Waals surface area contributed by atoms with Crippen molar-refractivity contribution in [2.45, 2.75) is 13.5 Å². The molecular weight excluding hydrogens is 370 g/mol. The van der Waals surface area contributed by atoms with E-state index in [-0.39, 0.29) is 5.69 Å². The lowest BCUT2D eigenvalue weighted by Gasteiger charge is -2.06. The van der Waals surface area contributed by atoms with Crippen LogP contribution in [0.15, 0.2) is 77.9 Å². The smallest absolute Gasteiger partial charge is 0.272 e. The van der Waals surface area contributed by atoms with E-state index in [1.165, 1.54) is 24.4 Å². The van der Waals surface area contributed by atoms with Crippen molar-refractivity contribution in [2.75, 3.05) is 0 Å². The standard InChI is InChI=1S/C22H19N3O4/c1-16-13-19(9-12-21(16)25(27)28)22(26)24-23-14-17-7-10-20(11-8-17)29-15-18-5-3-2-4-6-18/h2-14H,15H2,1H3,(H,24,26). The molecule has 0 saturated carbocycles. The highest BCUT2D eigenvalue weighted by Gasteiger charge is 2.13. The summed E-state index contributed by atoms with van der Waals surface area (Å²) >= 11 is 0. The number of hydrazone groups is 1. The number of amides is 1. The second-order valence-corrected chi connectivity index (χ2v) is 6.30. The van der Waals surface area contributed by atoms with Gasteiger partial charge in [0.05, 0.1) is 11.1 Å². The molecule has 0 spiro atoms. The summed E-state index contributed by atoms with van der Waals surface area (Å²) in [6.45, 7) is 2.07. The summed E-state index contributed by atoms with van der Waals surface area (Å²) in [5.74, 6) is 0.290. The molecule has 3 aromatic rings. The number of hydrogen-bond donors (Lipinski definition) is 1. The van der Waals surface area contributed by atoms with Crippen LogP contribution < -0.4 is 10.2 Å². The van der Waals surface area contributed by atoms with Gasteiger partial charge in [-0.2, -0.15) is 5.10 Å². The topological polar surface area (TPSA) is 93.8 Å². The monoisotopic (exact) mass is 389 g/mol. The van der Waals surface area contributed by atoms with E-state index in [0.717, 1.165) is 16.9 Å². The third-order valence-electron chi connectivity index (χ3n) is 4.16. The molecule has 29 heavy (non-hydrogen) atoms. The van der Waals surface area contributed by atoms with Crippen LogP contribution in [0.5, 0.6) is 5.75 Å². The first-order valence-corrected chi connectivity index (χ1v) is 8.88. The zero-order valence-corrected chi connectivity index (χ0v) is 15.7. The fourth-order valence-corrected chi connectivity index (χ4v) is 2.62. The van der Waals surface area contributed by atoms with Gasteiger partial charge in [0.15, 0.2) is 0 Å². The fraction of sp³-hybridized carbons (Fsp3) is 0.0909. The summed E-state index contributed by atoms with van der Waals surface area (Å²) in [6, 6.07) is 21.3. The Bertz CT molecular complexity index is 1030. The summed E-state index contributed by atoms with van der Waals surface area (Å²) < 4.78 is 5.72. The van der Waals surface area contributed by atoms with Gasteiger partial charge in [-0.05, 0) is 54.4 Å². The van der Waals surface area contributed by atoms with Crippen LogP contribution in [0, 0.1) is 17.0 Å². The van der Waals surface area contributed by atoms with Crippen LogP contribution in [0.3, 0.4) is 0 Å². The van der Waals surface area contributed by atoms with Crippen molar-refractivity contribution in [3.63, 3.8) is 0 Å². The molecule has 3 rings (SSSR count). The second-order valence-electron chi connectivity index (χ2n) is 6.30. The molecule has 0 radical (unpaired) electrons. The van der Waals surface area contributed by atoms with Gasteiger partial charge < -0.3 is 4.74 Å². The summed E-state index contributed by atoms with van der Waals surface area (Å²) in [5, 5.41) is 14.8. The number of nitrogens with one attached hydrogen (secondary N) is 1. The molecule has 0 fully saturated rings. The maximum atomic E-state index is 12.1. The van der Waals surface area contributed by atoms with E-state index in [2.05, 4.69) is 10.5 Å². The van der Waals surface area contributed by atoms with Gasteiger partial charge in [-0.3, -0.25) is 14.9 Å². The van der Waals surface area contributed by atoms with Crippen molar-refractivity contribution in [1.29, 1.82) is 0 Å². The predicted molar refractivity (Wildman–Crippen MR) is 110 cm³/mol. The minimum atomic E-state index is -0.484. The average molecular weight is 389 g/mol. The molecule has 7 nitrogen and oxygen atoms in total. The molecule has 0 saturated heterocycles. The van der Waals surface area contributed by atoms with Crippen molar-refractivity contribution < 1.29 is 14.5 Å². The number of carbonyl (C=O) groups is 1. The Morgan fingerprint density at radius 3 is 2.48 bits per heavy atom. The molecule has 7 heteroatoms. The van der Waals surface area contributed by atoms with Gasteiger partial charge in [0.25, 0.3) is 11.6 Å². The Balaban J connectivity index is 1.54. The largest absolute Gasteiger partial charge is 0.489 e. The van der Waals surface area contributed by atoms with Crippen LogP contribution in [-0.2, 0) is 6.61 Å². The maximum Gasteiger partial charge on any atom is 0.272 e. The quantitative estimate of drug-likeness (QED) is 0.371. The molecular formula is C22H19N3O4. The lowest BCUT2D eigenvalue weighted by Crippen LogP contribution is -2.17. The Labute approximate surface area is 167 Å². The normalized spacial score (nSPS) is 10.7. The average Bonchev–Trinajstić information content (AvgIpc) is 2.73. The van der Waals surface area contributed by atoms with Crippen molar-refractivity contribution in [2.24, 2.45) is 5.10 Å². The minimum Gasteiger partial charge on any atom is -0.489 e. The molecule has 146 valence electrons. The molecule has 0 aliphatic carbocycles. The Kier molecular flexibility index (Phi) is 6.32. The molecule has 0 aliphatic heterocycles. The Morgan fingerprint density at radius 1 is 1.10 bits per heavy atom. The van der Waals surface area contributed by atoms with E-state index in [0.29, 0.717) is 17.7 Å². The van der Waals surface area contributed by atoms with Gasteiger partial charge in [0.2, 0.25) is 0 Å². The van der Waals surface area contributed by atoms with Crippen LogP contribution in [0.1, 0.15) is 27.0 Å². The molecule has 0 aromatic heterocycles. The van der Waals surface area contributed by atoms with Gasteiger partial charge in [0.1, 0.15) is 12.4 Å². The van der Waals surface area contributed by atoms with Crippen molar-refractivity contribution in [1.82, 2.24) is 5.43 Å². The highest BCUT2D eigenvalue weighted by Crippen LogP contribution is 2.18. The Morgan fingerprint density at radius 2 is 1.83 bits per heavy atom. The number of rotatable bonds is 7. The molecule has 0 aliphatic rings. The number of carbonyl (C=O) groups excluding carboxylic acids is 1. The molecule has 0 heterocycles. The van der Waals surface area contributed by atoms with Crippen LogP contribution in [0.2, 0.25) is 0 Å². The van der Waals surface area contributed by atoms with Crippen LogP contribution in [0.25, 0.3) is 0 Å². The first-order chi connectivity index (χ1) is 14.0. The van der Waals surface area contributed by atoms with E-state index in [1.807, 2.05) is 54.6 Å². The number of hydrogen-bond acceptors (Lipinski definition) is 5. The van der Waals surface area contributed by atoms with Gasteiger partial charge in [-0.15, -0.1) is 0 Å². The number of ether oxygens (including phenoxy) is 1. The number of nitrogens with zero attached hydrogens (tertiary/aromatic N) is 2. The summed E-state index contributed by atoms with van der Waals surface area (Å²) in [5.41, 5.74) is 4.98. The predicted octanol–water partition coefficient (Wildman–Crippen LogP) is 4.25. The molecule has 1 N–H and O–H groups in total. The first kappa shape index (κ1) is 19.8. The number of benzene rings is 3. The van der Waals surface area contributed by atoms with Gasteiger partial charge >= 0.3 is 0 Å². The van der Waals surface area contributed by atoms with Crippen LogP contribution in [0.4, 0.5) is 5.69 Å². The zero-order valence-electron chi connectivity index (χ0n) is 15.7. The highest BCUT2D eigenvalue weighted by molar-refractivity contribution is 5.95. The minimum absolute atomic E-state index is 0.0281. The van der Waals surface area contributed by atoms with E-state index in [4.69, 9.17) is 4.74 Å². The molecule has 0 atom stereocenters. The SMILES string of the molecule is Cc1cc(C(=O)NN=Cc2ccc(OCc3ccccc3)cc2)ccc1[N+](=O)[O-]. The summed E-state index contributed by atoms with van der Waals surface area (Å²) in [4.78, 5) is 22.5. The van der Waals surface area contributed by atoms with Crippen molar-refractivity contribution >= 4 is 17.8 Å². The van der Waals surface area contributed by atoms with Crippen molar-refractivity contribution in [3.8, 4) is 5.75 Å². The van der Waals surface area contributed by atoms with Gasteiger partial charge in [-0.25, -0.2) is 5.43 Å². The lowest BCUT2D eigenvalue weighted by atomic mass is 10.1. The van der Waals surface area contributed by atoms with E-state index in [9.17, 15) is 14.9 Å². The van der Waals surface area contributed by atoms with E-state index < -0.39 is 10.8 Å². The molecule has 3 aromatic carbocycles. The molecule has 0 bridgehead atoms. The fourth-order valence-electron chi connectivity index (χ4n) is 2.62. The van der Waals surface area contributed by atoms with Gasteiger partial charge in [-0.1, -0.05) is 30.3 Å². The first-order valence-electron chi connectivity index (χ1n) is 8.88. The van der Waals surface area contributed by atoms with Crippen LogP contribution in [-0.4, -0.2) is 17.0 Å². The second kappa shape index (κ2) is 9.27. The van der Waals surface area contributed by atoms with E-state index >= 15 is 0 Å². The summed E-state index contributed by atoms with van der Waals surface area (Å²) in [6.07, 6.45) is 1.51. The lowest BCUT2D eigenvalue weighted by molar-refractivity contribution is -0.385. The Hall–Kier alpha value is -4.00. The third kappa shape index (κ3) is 5.49. The third-order valence-corrected chi connectivity index (χ3v) is 4.16. The zero-order chi connectivity index (χ0) is 20.6. The number of nitro groups is 1. The molecule has 1 amide bonds. The molecule has 0 unspecified atom stereocenters. The van der Waals surface area contributed by atoms with Crippen molar-refractivity contribution in [3.05, 3.63) is 105 Å². The summed E-state index contributed by atoms with van der Waals surface area (Å²) in [7, 11) is 0. The van der Waals surface area contributed by atoms with Gasteiger partial charge in [0, 0.05) is 17.2 Å². The number of nitro benzene ring substituents is 1.